The molecule has 1 aromatic rings. The third-order valence-corrected chi connectivity index (χ3v) is 3.63. The van der Waals surface area contributed by atoms with Crippen LogP contribution in [0.3, 0.4) is 0 Å². The highest BCUT2D eigenvalue weighted by molar-refractivity contribution is 7.07. The Hall–Kier alpha value is -1.87. The minimum atomic E-state index is 0.897. The molecule has 0 amide bonds. The smallest absolute Gasteiger partial charge is 0.1000 e. The van der Waals surface area contributed by atoms with Gasteiger partial charge in [0, 0.05) is 18.0 Å². The van der Waals surface area contributed by atoms with Crippen LogP contribution in [0.4, 0.5) is 0 Å². The van der Waals surface area contributed by atoms with Crippen LogP contribution >= 0.6 is 11.3 Å². The highest BCUT2D eigenvalue weighted by Crippen LogP contribution is 2.06. The van der Waals surface area contributed by atoms with Gasteiger partial charge in [0.15, 0.2) is 0 Å². The van der Waals surface area contributed by atoms with E-state index >= 15 is 0 Å². The Morgan fingerprint density at radius 2 is 1.89 bits per heavy atom. The highest BCUT2D eigenvalue weighted by Gasteiger charge is 1.97. The van der Waals surface area contributed by atoms with E-state index < -0.39 is 0 Å². The van der Waals surface area contributed by atoms with Crippen molar-refractivity contribution in [3.05, 3.63) is 57.4 Å². The SMILES string of the molecule is C=c1ccc(C)csc(=C2C=CC(=NC)C=C2)[nH]1. The molecule has 2 rings (SSSR count). The molecule has 1 aliphatic rings. The zero-order valence-corrected chi connectivity index (χ0v) is 11.4. The van der Waals surface area contributed by atoms with Gasteiger partial charge >= 0.3 is 0 Å². The lowest BCUT2D eigenvalue weighted by Crippen LogP contribution is -2.16. The second-order valence-corrected chi connectivity index (χ2v) is 4.94. The van der Waals surface area contributed by atoms with Gasteiger partial charge in [-0.15, -0.1) is 11.3 Å². The fourth-order valence-electron chi connectivity index (χ4n) is 1.54. The summed E-state index contributed by atoms with van der Waals surface area (Å²) >= 11 is 1.68. The summed E-state index contributed by atoms with van der Waals surface area (Å²) in [7, 11) is 1.80. The van der Waals surface area contributed by atoms with Crippen molar-refractivity contribution in [2.75, 3.05) is 7.05 Å². The molecule has 0 saturated heterocycles. The molecule has 0 atom stereocenters. The lowest BCUT2D eigenvalue weighted by molar-refractivity contribution is 1.25. The second kappa shape index (κ2) is 5.65. The first-order valence-corrected chi connectivity index (χ1v) is 6.61. The topological polar surface area (TPSA) is 28.1 Å². The molecule has 0 aromatic carbocycles. The van der Waals surface area contributed by atoms with Gasteiger partial charge in [-0.1, -0.05) is 12.6 Å². The monoisotopic (exact) mass is 256 g/mol. The van der Waals surface area contributed by atoms with Crippen molar-refractivity contribution in [1.82, 2.24) is 4.98 Å². The zero-order valence-electron chi connectivity index (χ0n) is 10.6. The number of aliphatic imine (C=N–C) groups is 1. The average molecular weight is 256 g/mol. The Morgan fingerprint density at radius 3 is 2.56 bits per heavy atom. The molecule has 2 nitrogen and oxygen atoms in total. The summed E-state index contributed by atoms with van der Waals surface area (Å²) in [4.78, 5) is 7.46. The Balaban J connectivity index is 2.66. The number of H-pyrrole nitrogens is 1. The van der Waals surface area contributed by atoms with Crippen molar-refractivity contribution in [1.29, 1.82) is 0 Å². The fourth-order valence-corrected chi connectivity index (χ4v) is 2.39. The summed E-state index contributed by atoms with van der Waals surface area (Å²) in [6.45, 7) is 6.06. The fraction of sp³-hybridized carbons (Fsp3) is 0.133. The van der Waals surface area contributed by atoms with Crippen LogP contribution in [-0.4, -0.2) is 17.7 Å². The quantitative estimate of drug-likeness (QED) is 0.737. The van der Waals surface area contributed by atoms with Gasteiger partial charge in [0.2, 0.25) is 0 Å². The molecule has 0 saturated carbocycles. The minimum Gasteiger partial charge on any atom is -0.347 e. The van der Waals surface area contributed by atoms with E-state index in [2.05, 4.69) is 47.1 Å². The summed E-state index contributed by atoms with van der Waals surface area (Å²) in [5.74, 6) is 0. The Kier molecular flexibility index (Phi) is 3.95. The maximum Gasteiger partial charge on any atom is 0.1000 e. The first-order chi connectivity index (χ1) is 8.69. The first-order valence-electron chi connectivity index (χ1n) is 5.73. The number of aromatic amines is 1. The van der Waals surface area contributed by atoms with Crippen LogP contribution in [0.5, 0.6) is 0 Å². The van der Waals surface area contributed by atoms with E-state index in [1.165, 1.54) is 5.56 Å². The van der Waals surface area contributed by atoms with Gasteiger partial charge in [0.25, 0.3) is 0 Å². The van der Waals surface area contributed by atoms with Gasteiger partial charge in [-0.3, -0.25) is 4.99 Å². The maximum atomic E-state index is 4.14. The van der Waals surface area contributed by atoms with E-state index in [1.807, 2.05) is 18.2 Å². The predicted molar refractivity (Wildman–Crippen MR) is 80.9 cm³/mol. The normalized spacial score (nSPS) is 13.7. The highest BCUT2D eigenvalue weighted by atomic mass is 32.1. The van der Waals surface area contributed by atoms with Gasteiger partial charge < -0.3 is 4.98 Å². The molecule has 1 aliphatic carbocycles. The number of allylic oxidation sites excluding steroid dienone is 4. The van der Waals surface area contributed by atoms with Gasteiger partial charge in [0.05, 0.1) is 10.4 Å². The molecule has 0 unspecified atom stereocenters. The standard InChI is InChI=1S/C15H16N2S/c1-11-4-5-12(2)17-15(18-10-11)13-6-8-14(16-3)9-7-13/h4-10,17H,2H2,1,3H3. The molecule has 0 fully saturated rings. The minimum absolute atomic E-state index is 0.897. The van der Waals surface area contributed by atoms with Crippen molar-refractivity contribution in [3.63, 3.8) is 0 Å². The van der Waals surface area contributed by atoms with Crippen LogP contribution in [0.1, 0.15) is 5.56 Å². The summed E-state index contributed by atoms with van der Waals surface area (Å²) in [6, 6.07) is 4.04. The largest absolute Gasteiger partial charge is 0.347 e. The first kappa shape index (κ1) is 12.6. The van der Waals surface area contributed by atoms with Crippen molar-refractivity contribution in [2.45, 2.75) is 6.92 Å². The number of nitrogens with zero attached hydrogens (tertiary/aromatic N) is 1. The maximum absolute atomic E-state index is 4.14. The number of nitrogens with one attached hydrogen (secondary N) is 1. The third-order valence-electron chi connectivity index (χ3n) is 2.57. The molecule has 92 valence electrons. The summed E-state index contributed by atoms with van der Waals surface area (Å²) < 4.78 is 1.09. The number of rotatable bonds is 0. The predicted octanol–water partition coefficient (Wildman–Crippen LogP) is 2.27. The van der Waals surface area contributed by atoms with E-state index in [0.717, 1.165) is 21.3 Å². The molecular weight excluding hydrogens is 240 g/mol. The molecule has 1 N–H and O–H groups in total. The number of aryl methyl sites for hydroxylation is 1. The van der Waals surface area contributed by atoms with Crippen LogP contribution in [0, 0.1) is 6.92 Å². The van der Waals surface area contributed by atoms with Crippen LogP contribution < -0.4 is 10.0 Å². The van der Waals surface area contributed by atoms with E-state index in [4.69, 9.17) is 0 Å². The molecule has 0 radical (unpaired) electrons. The van der Waals surface area contributed by atoms with E-state index in [9.17, 15) is 0 Å². The van der Waals surface area contributed by atoms with E-state index in [-0.39, 0.29) is 0 Å². The van der Waals surface area contributed by atoms with Crippen molar-refractivity contribution in [2.24, 2.45) is 4.99 Å². The van der Waals surface area contributed by atoms with Crippen LogP contribution in [-0.2, 0) is 0 Å². The molecule has 0 spiro atoms. The number of hydrogen-bond donors (Lipinski definition) is 1. The van der Waals surface area contributed by atoms with Crippen molar-refractivity contribution >= 4 is 29.2 Å². The third kappa shape index (κ3) is 3.08. The van der Waals surface area contributed by atoms with Crippen LogP contribution in [0.15, 0.2) is 46.8 Å². The Labute approximate surface area is 111 Å². The van der Waals surface area contributed by atoms with Gasteiger partial charge in [-0.25, -0.2) is 0 Å². The molecule has 3 heteroatoms. The van der Waals surface area contributed by atoms with E-state index in [0.29, 0.717) is 0 Å². The number of aromatic nitrogens is 1. The number of hydrogen-bond acceptors (Lipinski definition) is 2. The molecule has 1 aromatic heterocycles. The Morgan fingerprint density at radius 1 is 1.17 bits per heavy atom. The lowest BCUT2D eigenvalue weighted by atomic mass is 10.1. The van der Waals surface area contributed by atoms with Crippen LogP contribution in [0.2, 0.25) is 0 Å². The molecule has 18 heavy (non-hydrogen) atoms. The van der Waals surface area contributed by atoms with Gasteiger partial charge in [-0.2, -0.15) is 0 Å². The molecule has 0 bridgehead atoms. The van der Waals surface area contributed by atoms with Crippen molar-refractivity contribution < 1.29 is 0 Å². The van der Waals surface area contributed by atoms with E-state index in [1.54, 1.807) is 18.4 Å². The summed E-state index contributed by atoms with van der Waals surface area (Å²) in [5.41, 5.74) is 3.36. The second-order valence-electron chi connectivity index (χ2n) is 4.06. The Bertz CT molecular complexity index is 664. The molecule has 1 heterocycles. The summed E-state index contributed by atoms with van der Waals surface area (Å²) in [5, 5.41) is 3.03. The zero-order chi connectivity index (χ0) is 13.0. The average Bonchev–Trinajstić information content (AvgIpc) is 2.39. The summed E-state index contributed by atoms with van der Waals surface area (Å²) in [6.07, 6.45) is 8.16. The van der Waals surface area contributed by atoms with Crippen LogP contribution in [0.25, 0.3) is 12.2 Å². The van der Waals surface area contributed by atoms with Crippen molar-refractivity contribution in [3.8, 4) is 0 Å². The molecule has 0 aliphatic heterocycles. The van der Waals surface area contributed by atoms with Gasteiger partial charge in [-0.05, 0) is 48.2 Å². The van der Waals surface area contributed by atoms with Gasteiger partial charge in [0.1, 0.15) is 0 Å². The lowest BCUT2D eigenvalue weighted by Gasteiger charge is -2.01. The molecular formula is C15H16N2S.